The van der Waals surface area contributed by atoms with Gasteiger partial charge in [0.15, 0.2) is 17.3 Å². The third-order valence-corrected chi connectivity index (χ3v) is 21.8. The van der Waals surface area contributed by atoms with Crippen LogP contribution in [0.2, 0.25) is 0 Å². The number of nitrogens with zero attached hydrogens (tertiary/aromatic N) is 6. The van der Waals surface area contributed by atoms with Crippen LogP contribution >= 0.6 is 33.8 Å². The zero-order valence-electron chi connectivity index (χ0n) is 75.8. The average Bonchev–Trinajstić information content (AvgIpc) is 1.52. The van der Waals surface area contributed by atoms with Gasteiger partial charge in [0.25, 0.3) is 0 Å². The fraction of sp³-hybridized carbons (Fsp3) is 0.333. The minimum absolute atomic E-state index is 0. The molecule has 2 amide bonds. The van der Waals surface area contributed by atoms with Crippen LogP contribution in [-0.2, 0) is 57.3 Å². The predicted octanol–water partition coefficient (Wildman–Crippen LogP) is 21.1. The van der Waals surface area contributed by atoms with E-state index in [1.54, 1.807) is 108 Å². The summed E-state index contributed by atoms with van der Waals surface area (Å²) in [4.78, 5) is 65.1. The minimum Gasteiger partial charge on any atom is -0.444 e. The number of ketones is 3. The smallest absolute Gasteiger partial charge is 0.412 e. The zero-order valence-corrected chi connectivity index (χ0v) is 79.0. The molecular formula is C102H118Cl3F3N14O8S. The zero-order chi connectivity index (χ0) is 93.7. The summed E-state index contributed by atoms with van der Waals surface area (Å²) in [6.45, 7) is 23.5. The maximum Gasteiger partial charge on any atom is 0.412 e. The van der Waals surface area contributed by atoms with Crippen molar-refractivity contribution in [1.29, 1.82) is 0 Å². The van der Waals surface area contributed by atoms with Crippen LogP contribution in [0.3, 0.4) is 0 Å². The van der Waals surface area contributed by atoms with Gasteiger partial charge < -0.3 is 43.0 Å². The summed E-state index contributed by atoms with van der Waals surface area (Å²) in [7, 11) is 7.36. The fourth-order valence-electron chi connectivity index (χ4n) is 14.7. The number of anilines is 3. The molecule has 0 aliphatic heterocycles. The van der Waals surface area contributed by atoms with E-state index < -0.39 is 56.1 Å². The summed E-state index contributed by atoms with van der Waals surface area (Å²) in [6, 6.07) is 64.5. The van der Waals surface area contributed by atoms with Crippen molar-refractivity contribution in [2.75, 3.05) is 36.0 Å². The Labute approximate surface area is 782 Å². The molecule has 0 spiro atoms. The van der Waals surface area contributed by atoms with E-state index in [2.05, 4.69) is 71.8 Å². The van der Waals surface area contributed by atoms with Gasteiger partial charge >= 0.3 is 12.2 Å². The third kappa shape index (κ3) is 30.8. The second-order valence-electron chi connectivity index (χ2n) is 35.1. The number of ether oxygens (including phenoxy) is 2. The van der Waals surface area contributed by atoms with E-state index in [0.29, 0.717) is 91.9 Å². The van der Waals surface area contributed by atoms with Gasteiger partial charge in [0, 0.05) is 64.2 Å². The molecule has 29 heteroatoms. The fourth-order valence-corrected chi connectivity index (χ4v) is 14.7. The first-order valence-electron chi connectivity index (χ1n) is 43.8. The number of hydrogen-bond acceptors (Lipinski definition) is 17. The van der Waals surface area contributed by atoms with Gasteiger partial charge in [-0.2, -0.15) is 15.3 Å². The molecule has 3 aliphatic rings. The van der Waals surface area contributed by atoms with Gasteiger partial charge in [0.05, 0.1) is 52.3 Å². The maximum absolute atomic E-state index is 15.2. The van der Waals surface area contributed by atoms with Gasteiger partial charge in [0.2, 0.25) is 9.23 Å². The lowest BCUT2D eigenvalue weighted by atomic mass is 9.94. The van der Waals surface area contributed by atoms with Gasteiger partial charge in [-0.15, -0.1) is 12.4 Å². The van der Waals surface area contributed by atoms with Crippen molar-refractivity contribution in [2.24, 2.45) is 35.0 Å². The quantitative estimate of drug-likeness (QED) is 0.0118. The Kier molecular flexibility index (Phi) is 36.6. The molecule has 3 heterocycles. The highest BCUT2D eigenvalue weighted by Crippen LogP contribution is 2.36. The van der Waals surface area contributed by atoms with Crippen LogP contribution < -0.4 is 44.2 Å². The van der Waals surface area contributed by atoms with E-state index in [9.17, 15) is 32.8 Å². The highest BCUT2D eigenvalue weighted by molar-refractivity contribution is 8.26. The van der Waals surface area contributed by atoms with Gasteiger partial charge in [-0.1, -0.05) is 123 Å². The molecule has 3 unspecified atom stereocenters. The maximum atomic E-state index is 15.2. The highest BCUT2D eigenvalue weighted by Gasteiger charge is 2.30. The van der Waals surface area contributed by atoms with Crippen molar-refractivity contribution in [1.82, 2.24) is 40.0 Å². The van der Waals surface area contributed by atoms with Crippen LogP contribution in [0, 0.1) is 56.0 Å². The summed E-state index contributed by atoms with van der Waals surface area (Å²) < 4.78 is 69.9. The first kappa shape index (κ1) is 102. The van der Waals surface area contributed by atoms with Crippen LogP contribution in [0.15, 0.2) is 218 Å². The molecular weight excluding hydrogens is 1740 g/mol. The largest absolute Gasteiger partial charge is 0.444 e. The Balaban J connectivity index is 0.000000194. The number of hydrogen-bond donors (Lipinski definition) is 8. The summed E-state index contributed by atoms with van der Waals surface area (Å²) in [6.07, 6.45) is 7.87. The monoisotopic (exact) mass is 1860 g/mol. The molecule has 3 fully saturated rings. The number of Topliss-reactive ketones (excluding diaryl/α,β-unsaturated/α-hetero) is 3. The lowest BCUT2D eigenvalue weighted by Gasteiger charge is -2.22. The number of amides is 2. The molecule has 22 nitrogen and oxygen atoms in total. The summed E-state index contributed by atoms with van der Waals surface area (Å²) >= 11 is 0. The molecule has 0 radical (unpaired) electrons. The van der Waals surface area contributed by atoms with E-state index in [0.717, 1.165) is 94.4 Å². The molecule has 12 N–H and O–H groups in total. The average molecular weight is 1860 g/mol. The van der Waals surface area contributed by atoms with Crippen LogP contribution in [-0.4, -0.2) is 93.9 Å². The van der Waals surface area contributed by atoms with Gasteiger partial charge in [-0.25, -0.2) is 41.0 Å². The van der Waals surface area contributed by atoms with E-state index in [4.69, 9.17) is 36.6 Å². The highest BCUT2D eigenvalue weighted by atomic mass is 36.0. The topological polar surface area (TPSA) is 327 Å². The van der Waals surface area contributed by atoms with E-state index in [-0.39, 0.29) is 66.7 Å². The number of carbonyl (C=O) groups is 5. The Morgan fingerprint density at radius 2 is 0.771 bits per heavy atom. The number of nitrogens with one attached hydrogen (secondary N) is 4. The van der Waals surface area contributed by atoms with Crippen molar-refractivity contribution in [3.8, 4) is 17.1 Å². The molecule has 0 saturated heterocycles. The normalized spacial score (nSPS) is 13.5. The van der Waals surface area contributed by atoms with Crippen molar-refractivity contribution >= 4 is 89.6 Å². The van der Waals surface area contributed by atoms with E-state index in [1.165, 1.54) is 56.7 Å². The predicted molar refractivity (Wildman–Crippen MR) is 518 cm³/mol. The number of rotatable bonds is 30. The second-order valence-corrected chi connectivity index (χ2v) is 37.6. The molecule has 3 atom stereocenters. The molecule has 15 rings (SSSR count). The molecule has 3 aromatic heterocycles. The van der Waals surface area contributed by atoms with Crippen LogP contribution in [0.5, 0.6) is 0 Å². The summed E-state index contributed by atoms with van der Waals surface area (Å²) in [5.41, 5.74) is 39.0. The van der Waals surface area contributed by atoms with Gasteiger partial charge in [0.1, 0.15) is 45.7 Å². The molecule has 0 bridgehead atoms. The SMILES string of the molecule is CCc1cccc(-n2nc(C)cc2C(=O)Cc2cc(C(N)c3cccc(NC(=O)OC(C)(C)C)c3)ccc2F)c1.CCc1cccc(-n2nc(C)cc2C(=O)Cc2cc(C(NCC3CC3)c3cccc(NC(=O)OC(C)(C)C)c3)ccc2F)c1.Cc1cc(C(=O)Cc2cc(C(NCC3CC3)c3cccc(N)c3)ccc2F)n(-c2cccc(CN)c2)n1.Cl.NCC1CC1.O=S(Cl)Cl. The lowest BCUT2D eigenvalue weighted by Crippen LogP contribution is -2.27. The second kappa shape index (κ2) is 47.1. The number of halogens is 6. The first-order chi connectivity index (χ1) is 62.0. The van der Waals surface area contributed by atoms with Crippen LogP contribution in [0.1, 0.15) is 227 Å². The lowest BCUT2D eigenvalue weighted by molar-refractivity contribution is 0.0624. The van der Waals surface area contributed by atoms with Crippen LogP contribution in [0.4, 0.5) is 39.8 Å². The first-order valence-corrected chi connectivity index (χ1v) is 46.6. The van der Waals surface area contributed by atoms with Crippen molar-refractivity contribution in [2.45, 2.75) is 183 Å². The Morgan fingerprint density at radius 1 is 0.450 bits per heavy atom. The molecule has 9 aromatic carbocycles. The van der Waals surface area contributed by atoms with Crippen molar-refractivity contribution < 1.29 is 50.8 Å². The number of aryl methyl sites for hydroxylation is 5. The minimum atomic E-state index is -1.67. The number of aromatic nitrogens is 6. The summed E-state index contributed by atoms with van der Waals surface area (Å²) in [5.74, 6) is 0.197. The number of carbonyl (C=O) groups excluding carboxylic acids is 5. The number of nitrogens with two attached hydrogens (primary N) is 4. The molecule has 3 aliphatic carbocycles. The van der Waals surface area contributed by atoms with Crippen LogP contribution in [0.25, 0.3) is 17.1 Å². The summed E-state index contributed by atoms with van der Waals surface area (Å²) in [5, 5.41) is 26.4. The molecule has 692 valence electrons. The Hall–Kier alpha value is -11.4. The molecule has 12 aromatic rings. The number of benzene rings is 9. The van der Waals surface area contributed by atoms with Gasteiger partial charge in [-0.3, -0.25) is 25.0 Å². The number of nitrogen functional groups attached to an aromatic ring is 1. The van der Waals surface area contributed by atoms with E-state index in [1.807, 2.05) is 169 Å². The van der Waals surface area contributed by atoms with E-state index >= 15 is 4.39 Å². The van der Waals surface area contributed by atoms with Crippen molar-refractivity contribution in [3.63, 3.8) is 0 Å². The Morgan fingerprint density at radius 3 is 1.12 bits per heavy atom. The molecule has 3 saturated carbocycles. The molecule has 131 heavy (non-hydrogen) atoms. The van der Waals surface area contributed by atoms with Gasteiger partial charge in [-0.05, 0) is 327 Å². The van der Waals surface area contributed by atoms with Crippen molar-refractivity contribution in [3.05, 3.63) is 337 Å². The standard InChI is InChI=1S/C36H41FN4O3.C32H35FN4O3.C30H32FN5O.C4H9N.Cl2OS.ClH/c1-6-24-9-7-12-30(18-24)41-32(17-23(2)40-41)33(42)21-28-19-27(15-16-31(28)37)34(38-22-25-13-14-25)26-10-8-11-29(20-26)39-35(43)44-36(3,4)5;1-6-21-9-7-12-26(16-21)37-28(15-20(2)36-37)29(38)19-24-17-23(13-14-27(24)33)30(34)22-10-8-11-25(18-22)35-31(39)40-32(3,4)5;1-19-12-28(36(35-19)26-7-2-4-21(13-26)17-32)29(37)16-24-14-23(10-11-27(24)31)30(34-18-20-8-9-20)22-5-3-6-25(33)15-22;5-3-4-1-2-4;1-4(2)3;/h7-12,15-20,25,34,38H,6,13-14,21-22H2,1-5H3,(H,39,43);7-18,30H,6,19,34H2,1-5H3,(H,35,39);2-7,10-15,20,30,34H,8-9,16-18,32-33H2,1H3;4H,1-3,5H2;;1H. The third-order valence-electron chi connectivity index (χ3n) is 21.8. The Bertz CT molecular complexity index is 5970.